The number of hydrogen-bond donors (Lipinski definition) is 1. The monoisotopic (exact) mass is 261 g/mol. The van der Waals surface area contributed by atoms with Crippen molar-refractivity contribution >= 4 is 5.97 Å². The number of aromatic carboxylic acids is 1. The molecule has 0 saturated heterocycles. The summed E-state index contributed by atoms with van der Waals surface area (Å²) in [6.45, 7) is 5.86. The maximum Gasteiger partial charge on any atom is 0.372 e. The number of carboxylic acid groups (broad SMARTS) is 1. The van der Waals surface area contributed by atoms with E-state index in [0.29, 0.717) is 12.2 Å². The smallest absolute Gasteiger partial charge is 0.372 e. The van der Waals surface area contributed by atoms with Crippen molar-refractivity contribution < 1.29 is 14.4 Å². The average Bonchev–Trinajstić information content (AvgIpc) is 2.59. The molecule has 0 radical (unpaired) electrons. The van der Waals surface area contributed by atoms with Gasteiger partial charge < -0.3 is 9.63 Å². The van der Waals surface area contributed by atoms with Crippen molar-refractivity contribution in [3.05, 3.63) is 56.6 Å². The highest BCUT2D eigenvalue weighted by molar-refractivity contribution is 5.88. The lowest BCUT2D eigenvalue weighted by Gasteiger charge is -2.08. The van der Waals surface area contributed by atoms with Crippen molar-refractivity contribution in [2.24, 2.45) is 0 Å². The topological polar surface area (TPSA) is 72.4 Å². The number of carbonyl (C=O) groups is 1. The molecule has 0 aliphatic heterocycles. The SMILES string of the molecule is Cc1ccc(C)c(Cn2oc(=O)c(C(=O)O)c2C)c1. The fraction of sp³-hybridized carbons (Fsp3) is 0.286. The zero-order valence-corrected chi connectivity index (χ0v) is 11.1. The molecule has 0 saturated carbocycles. The van der Waals surface area contributed by atoms with E-state index >= 15 is 0 Å². The van der Waals surface area contributed by atoms with Crippen LogP contribution >= 0.6 is 0 Å². The number of nitrogens with zero attached hydrogens (tertiary/aromatic N) is 1. The Kier molecular flexibility index (Phi) is 3.29. The molecule has 19 heavy (non-hydrogen) atoms. The molecular weight excluding hydrogens is 246 g/mol. The molecule has 5 heteroatoms. The minimum atomic E-state index is -1.26. The van der Waals surface area contributed by atoms with Crippen molar-refractivity contribution in [3.8, 4) is 0 Å². The minimum Gasteiger partial charge on any atom is -0.477 e. The van der Waals surface area contributed by atoms with Crippen LogP contribution in [0.15, 0.2) is 27.5 Å². The Morgan fingerprint density at radius 2 is 2.00 bits per heavy atom. The molecule has 1 aromatic carbocycles. The third-order valence-corrected chi connectivity index (χ3v) is 3.17. The second-order valence-electron chi connectivity index (χ2n) is 4.61. The summed E-state index contributed by atoms with van der Waals surface area (Å²) in [5.74, 6) is -1.26. The molecule has 1 N–H and O–H groups in total. The number of aryl methyl sites for hydroxylation is 2. The zero-order valence-electron chi connectivity index (χ0n) is 11.1. The van der Waals surface area contributed by atoms with E-state index in [1.807, 2.05) is 32.0 Å². The molecule has 0 spiro atoms. The van der Waals surface area contributed by atoms with Crippen molar-refractivity contribution in [3.63, 3.8) is 0 Å². The summed E-state index contributed by atoms with van der Waals surface area (Å²) >= 11 is 0. The van der Waals surface area contributed by atoms with Crippen LogP contribution in [0.25, 0.3) is 0 Å². The summed E-state index contributed by atoms with van der Waals surface area (Å²) in [6, 6.07) is 5.98. The molecule has 1 aromatic heterocycles. The Hall–Kier alpha value is -2.30. The third-order valence-electron chi connectivity index (χ3n) is 3.17. The van der Waals surface area contributed by atoms with Crippen molar-refractivity contribution in [1.29, 1.82) is 0 Å². The first-order valence-corrected chi connectivity index (χ1v) is 5.90. The summed E-state index contributed by atoms with van der Waals surface area (Å²) in [7, 11) is 0. The Morgan fingerprint density at radius 1 is 1.32 bits per heavy atom. The lowest BCUT2D eigenvalue weighted by Crippen LogP contribution is -2.09. The van der Waals surface area contributed by atoms with Crippen LogP contribution < -0.4 is 5.63 Å². The van der Waals surface area contributed by atoms with Crippen LogP contribution in [-0.4, -0.2) is 15.8 Å². The Balaban J connectivity index is 2.45. The average molecular weight is 261 g/mol. The Labute approximate surface area is 110 Å². The molecule has 0 amide bonds. The van der Waals surface area contributed by atoms with Crippen LogP contribution in [0, 0.1) is 20.8 Å². The van der Waals surface area contributed by atoms with Crippen LogP contribution in [-0.2, 0) is 6.54 Å². The molecule has 0 aliphatic carbocycles. The van der Waals surface area contributed by atoms with Gasteiger partial charge in [0, 0.05) is 0 Å². The number of hydrogen-bond acceptors (Lipinski definition) is 3. The molecule has 2 rings (SSSR count). The van der Waals surface area contributed by atoms with Gasteiger partial charge in [0.25, 0.3) is 0 Å². The summed E-state index contributed by atoms with van der Waals surface area (Å²) in [5.41, 5.74) is 2.39. The van der Waals surface area contributed by atoms with E-state index in [2.05, 4.69) is 0 Å². The third kappa shape index (κ3) is 2.45. The molecule has 5 nitrogen and oxygen atoms in total. The minimum absolute atomic E-state index is 0.301. The van der Waals surface area contributed by atoms with Crippen LogP contribution in [0.2, 0.25) is 0 Å². The van der Waals surface area contributed by atoms with E-state index in [4.69, 9.17) is 9.63 Å². The van der Waals surface area contributed by atoms with Crippen LogP contribution in [0.5, 0.6) is 0 Å². The van der Waals surface area contributed by atoms with Gasteiger partial charge in [0.05, 0.1) is 12.2 Å². The van der Waals surface area contributed by atoms with Crippen molar-refractivity contribution in [2.75, 3.05) is 0 Å². The van der Waals surface area contributed by atoms with Crippen molar-refractivity contribution in [2.45, 2.75) is 27.3 Å². The van der Waals surface area contributed by atoms with E-state index in [-0.39, 0.29) is 5.56 Å². The highest BCUT2D eigenvalue weighted by Crippen LogP contribution is 2.14. The van der Waals surface area contributed by atoms with E-state index in [1.54, 1.807) is 6.92 Å². The molecule has 0 aliphatic rings. The molecule has 0 unspecified atom stereocenters. The predicted octanol–water partition coefficient (Wildman–Crippen LogP) is 2.11. The first kappa shape index (κ1) is 13.1. The normalized spacial score (nSPS) is 10.7. The molecule has 0 atom stereocenters. The Morgan fingerprint density at radius 3 is 2.58 bits per heavy atom. The van der Waals surface area contributed by atoms with Gasteiger partial charge in [-0.3, -0.25) is 0 Å². The van der Waals surface area contributed by atoms with E-state index in [1.165, 1.54) is 4.74 Å². The van der Waals surface area contributed by atoms with E-state index in [0.717, 1.165) is 16.7 Å². The summed E-state index contributed by atoms with van der Waals surface area (Å²) < 4.78 is 6.31. The molecule has 0 fully saturated rings. The first-order valence-electron chi connectivity index (χ1n) is 5.90. The lowest BCUT2D eigenvalue weighted by atomic mass is 10.1. The van der Waals surface area contributed by atoms with Crippen LogP contribution in [0.4, 0.5) is 0 Å². The van der Waals surface area contributed by atoms with Gasteiger partial charge in [-0.1, -0.05) is 23.8 Å². The summed E-state index contributed by atoms with van der Waals surface area (Å²) in [6.07, 6.45) is 0. The predicted molar refractivity (Wildman–Crippen MR) is 69.7 cm³/mol. The van der Waals surface area contributed by atoms with Gasteiger partial charge in [-0.25, -0.2) is 14.3 Å². The highest BCUT2D eigenvalue weighted by atomic mass is 16.5. The van der Waals surface area contributed by atoms with Gasteiger partial charge in [0.2, 0.25) is 0 Å². The fourth-order valence-electron chi connectivity index (χ4n) is 2.00. The molecule has 100 valence electrons. The second-order valence-corrected chi connectivity index (χ2v) is 4.61. The largest absolute Gasteiger partial charge is 0.477 e. The van der Waals surface area contributed by atoms with Gasteiger partial charge >= 0.3 is 11.6 Å². The van der Waals surface area contributed by atoms with Gasteiger partial charge in [-0.15, -0.1) is 0 Å². The van der Waals surface area contributed by atoms with Crippen LogP contribution in [0.1, 0.15) is 32.7 Å². The Bertz CT molecular complexity index is 694. The molecule has 1 heterocycles. The number of benzene rings is 1. The first-order chi connectivity index (χ1) is 8.90. The fourth-order valence-corrected chi connectivity index (χ4v) is 2.00. The standard InChI is InChI=1S/C14H15NO4/c1-8-4-5-9(2)11(6-8)7-15-10(3)12(13(16)17)14(18)19-15/h4-6H,7H2,1-3H3,(H,16,17). The van der Waals surface area contributed by atoms with Crippen molar-refractivity contribution in [1.82, 2.24) is 4.74 Å². The maximum atomic E-state index is 11.5. The summed E-state index contributed by atoms with van der Waals surface area (Å²) in [5, 5.41) is 8.95. The van der Waals surface area contributed by atoms with E-state index in [9.17, 15) is 9.59 Å². The number of aromatic nitrogens is 1. The quantitative estimate of drug-likeness (QED) is 0.918. The molecular formula is C14H15NO4. The maximum absolute atomic E-state index is 11.5. The highest BCUT2D eigenvalue weighted by Gasteiger charge is 2.20. The van der Waals surface area contributed by atoms with Gasteiger partial charge in [-0.2, -0.15) is 0 Å². The number of rotatable bonds is 3. The number of carboxylic acids is 1. The molecule has 2 aromatic rings. The van der Waals surface area contributed by atoms with Gasteiger partial charge in [0.15, 0.2) is 5.56 Å². The lowest BCUT2D eigenvalue weighted by molar-refractivity contribution is 0.0693. The second kappa shape index (κ2) is 4.76. The summed E-state index contributed by atoms with van der Waals surface area (Å²) in [4.78, 5) is 22.4. The van der Waals surface area contributed by atoms with E-state index < -0.39 is 11.6 Å². The van der Waals surface area contributed by atoms with Crippen LogP contribution in [0.3, 0.4) is 0 Å². The van der Waals surface area contributed by atoms with Gasteiger partial charge in [-0.05, 0) is 31.9 Å². The molecule has 0 bridgehead atoms. The van der Waals surface area contributed by atoms with Gasteiger partial charge in [0.1, 0.15) is 0 Å². The zero-order chi connectivity index (χ0) is 14.2.